The van der Waals surface area contributed by atoms with Gasteiger partial charge in [-0.25, -0.2) is 4.79 Å². The second-order valence-electron chi connectivity index (χ2n) is 2.69. The van der Waals surface area contributed by atoms with E-state index in [1.807, 2.05) is 0 Å². The molecule has 5 nitrogen and oxygen atoms in total. The summed E-state index contributed by atoms with van der Waals surface area (Å²) in [5, 5.41) is 8.36. The molecule has 5 heteroatoms. The minimum absolute atomic E-state index is 0.0727. The molecule has 14 heavy (non-hydrogen) atoms. The number of fused-ring (bicyclic) bond motifs is 1. The van der Waals surface area contributed by atoms with Gasteiger partial charge in [0.2, 0.25) is 0 Å². The second-order valence-corrected chi connectivity index (χ2v) is 2.69. The average Bonchev–Trinajstić information content (AvgIpc) is 2.17. The van der Waals surface area contributed by atoms with E-state index >= 15 is 0 Å². The molecule has 0 aromatic heterocycles. The van der Waals surface area contributed by atoms with E-state index in [1.165, 1.54) is 0 Å². The molecule has 0 spiro atoms. The predicted molar refractivity (Wildman–Crippen MR) is 45.5 cm³/mol. The van der Waals surface area contributed by atoms with Gasteiger partial charge in [-0.1, -0.05) is 12.1 Å². The number of carboxylic acid groups (broad SMARTS) is 1. The summed E-state index contributed by atoms with van der Waals surface area (Å²) < 4.78 is 14.9. The van der Waals surface area contributed by atoms with E-state index in [9.17, 15) is 4.79 Å². The molecule has 1 heterocycles. The van der Waals surface area contributed by atoms with Crippen LogP contribution < -0.4 is 9.47 Å². The molecule has 0 fully saturated rings. The maximum atomic E-state index is 10.2. The third-order valence-corrected chi connectivity index (χ3v) is 1.71. The fourth-order valence-electron chi connectivity index (χ4n) is 1.17. The quantitative estimate of drug-likeness (QED) is 0.689. The van der Waals surface area contributed by atoms with Gasteiger partial charge in [-0.3, -0.25) is 0 Å². The number of rotatable bonds is 1. The molecule has 1 aromatic carbocycles. The molecule has 1 N–H and O–H groups in total. The van der Waals surface area contributed by atoms with Crippen LogP contribution in [0.1, 0.15) is 0 Å². The summed E-state index contributed by atoms with van der Waals surface area (Å²) in [6.07, 6.45) is -2.26. The van der Waals surface area contributed by atoms with Crippen molar-refractivity contribution in [1.82, 2.24) is 0 Å². The molecule has 0 radical (unpaired) electrons. The minimum atomic E-state index is -1.38. The highest BCUT2D eigenvalue weighted by molar-refractivity contribution is 5.57. The second kappa shape index (κ2) is 3.45. The summed E-state index contributed by atoms with van der Waals surface area (Å²) >= 11 is 0. The Morgan fingerprint density at radius 1 is 1.43 bits per heavy atom. The summed E-state index contributed by atoms with van der Waals surface area (Å²) in [6, 6.07) is 7.00. The van der Waals surface area contributed by atoms with Gasteiger partial charge in [0.25, 0.3) is 6.29 Å². The van der Waals surface area contributed by atoms with Gasteiger partial charge in [-0.15, -0.1) is 0 Å². The fraction of sp³-hybridized carbons (Fsp3) is 0.222. The lowest BCUT2D eigenvalue weighted by Crippen LogP contribution is -2.33. The maximum Gasteiger partial charge on any atom is 0.509 e. The van der Waals surface area contributed by atoms with Crippen LogP contribution in [-0.4, -0.2) is 24.2 Å². The highest BCUT2D eigenvalue weighted by Gasteiger charge is 2.23. The van der Waals surface area contributed by atoms with Crippen LogP contribution in [-0.2, 0) is 4.74 Å². The van der Waals surface area contributed by atoms with Crippen molar-refractivity contribution in [2.24, 2.45) is 0 Å². The van der Waals surface area contributed by atoms with Gasteiger partial charge in [0.15, 0.2) is 18.1 Å². The van der Waals surface area contributed by atoms with E-state index in [0.717, 1.165) is 0 Å². The van der Waals surface area contributed by atoms with Crippen LogP contribution in [0, 0.1) is 0 Å². The van der Waals surface area contributed by atoms with E-state index in [0.29, 0.717) is 11.5 Å². The SMILES string of the molecule is O=C(O)O[C@@H]1COc2ccccc2O1. The topological polar surface area (TPSA) is 65.0 Å². The first-order valence-corrected chi connectivity index (χ1v) is 4.04. The molecule has 74 valence electrons. The lowest BCUT2D eigenvalue weighted by Gasteiger charge is -2.24. The van der Waals surface area contributed by atoms with Crippen molar-refractivity contribution in [3.8, 4) is 11.5 Å². The van der Waals surface area contributed by atoms with Gasteiger partial charge in [-0.2, -0.15) is 0 Å². The molecule has 1 aliphatic rings. The minimum Gasteiger partial charge on any atom is -0.482 e. The maximum absolute atomic E-state index is 10.2. The van der Waals surface area contributed by atoms with E-state index in [-0.39, 0.29) is 6.61 Å². The number of hydrogen-bond acceptors (Lipinski definition) is 4. The lowest BCUT2D eigenvalue weighted by atomic mass is 10.3. The van der Waals surface area contributed by atoms with Gasteiger partial charge < -0.3 is 19.3 Å². The Kier molecular flexibility index (Phi) is 2.14. The zero-order valence-corrected chi connectivity index (χ0v) is 7.17. The summed E-state index contributed by atoms with van der Waals surface area (Å²) in [4.78, 5) is 10.2. The Labute approximate surface area is 79.8 Å². The van der Waals surface area contributed by atoms with Crippen molar-refractivity contribution >= 4 is 6.16 Å². The molecule has 1 aliphatic heterocycles. The first-order valence-electron chi connectivity index (χ1n) is 4.04. The number of carbonyl (C=O) groups is 1. The molecule has 0 saturated carbocycles. The molecule has 0 bridgehead atoms. The van der Waals surface area contributed by atoms with Gasteiger partial charge in [0, 0.05) is 0 Å². The number of benzene rings is 1. The Morgan fingerprint density at radius 3 is 2.86 bits per heavy atom. The van der Waals surface area contributed by atoms with Gasteiger partial charge in [-0.05, 0) is 12.1 Å². The van der Waals surface area contributed by atoms with Crippen molar-refractivity contribution in [3.63, 3.8) is 0 Å². The van der Waals surface area contributed by atoms with Gasteiger partial charge in [0.05, 0.1) is 0 Å². The van der Waals surface area contributed by atoms with Crippen LogP contribution in [0.3, 0.4) is 0 Å². The summed E-state index contributed by atoms with van der Waals surface area (Å²) in [7, 11) is 0. The summed E-state index contributed by atoms with van der Waals surface area (Å²) in [5.74, 6) is 1.09. The summed E-state index contributed by atoms with van der Waals surface area (Å²) in [5.41, 5.74) is 0. The Hall–Kier alpha value is -1.91. The zero-order valence-electron chi connectivity index (χ0n) is 7.17. The number of para-hydroxylation sites is 2. The monoisotopic (exact) mass is 196 g/mol. The van der Waals surface area contributed by atoms with Crippen LogP contribution in [0.2, 0.25) is 0 Å². The fourth-order valence-corrected chi connectivity index (χ4v) is 1.17. The van der Waals surface area contributed by atoms with Crippen molar-refractivity contribution in [3.05, 3.63) is 24.3 Å². The van der Waals surface area contributed by atoms with Crippen LogP contribution in [0.5, 0.6) is 11.5 Å². The third kappa shape index (κ3) is 1.71. The molecule has 0 saturated heterocycles. The molecule has 0 amide bonds. The van der Waals surface area contributed by atoms with Crippen LogP contribution in [0.25, 0.3) is 0 Å². The largest absolute Gasteiger partial charge is 0.509 e. The smallest absolute Gasteiger partial charge is 0.482 e. The highest BCUT2D eigenvalue weighted by atomic mass is 16.8. The molecule has 0 unspecified atom stereocenters. The zero-order chi connectivity index (χ0) is 9.97. The van der Waals surface area contributed by atoms with Crippen molar-refractivity contribution in [1.29, 1.82) is 0 Å². The Balaban J connectivity index is 2.09. The number of ether oxygens (including phenoxy) is 3. The lowest BCUT2D eigenvalue weighted by molar-refractivity contribution is -0.0894. The standard InChI is InChI=1S/C9H8O5/c10-9(11)14-8-5-12-6-3-1-2-4-7(6)13-8/h1-4,8H,5H2,(H,10,11)/t8-/m1/s1. The third-order valence-electron chi connectivity index (χ3n) is 1.71. The van der Waals surface area contributed by atoms with Crippen LogP contribution in [0.15, 0.2) is 24.3 Å². The first-order chi connectivity index (χ1) is 6.75. The Bertz CT molecular complexity index is 349. The predicted octanol–water partition coefficient (Wildman–Crippen LogP) is 1.48. The molecule has 0 aliphatic carbocycles. The molecule has 2 rings (SSSR count). The van der Waals surface area contributed by atoms with Crippen molar-refractivity contribution in [2.75, 3.05) is 6.61 Å². The van der Waals surface area contributed by atoms with Crippen LogP contribution in [0.4, 0.5) is 4.79 Å². The van der Waals surface area contributed by atoms with Gasteiger partial charge >= 0.3 is 6.16 Å². The van der Waals surface area contributed by atoms with Gasteiger partial charge in [0.1, 0.15) is 0 Å². The summed E-state index contributed by atoms with van der Waals surface area (Å²) in [6.45, 7) is 0.0727. The molecule has 1 atom stereocenters. The first kappa shape index (κ1) is 8.68. The molecule has 1 aromatic rings. The average molecular weight is 196 g/mol. The van der Waals surface area contributed by atoms with Crippen molar-refractivity contribution < 1.29 is 24.1 Å². The van der Waals surface area contributed by atoms with E-state index in [2.05, 4.69) is 4.74 Å². The molecular formula is C9H8O5. The van der Waals surface area contributed by atoms with Crippen LogP contribution >= 0.6 is 0 Å². The van der Waals surface area contributed by atoms with E-state index in [1.54, 1.807) is 24.3 Å². The highest BCUT2D eigenvalue weighted by Crippen LogP contribution is 2.30. The van der Waals surface area contributed by atoms with Crippen molar-refractivity contribution in [2.45, 2.75) is 6.29 Å². The molecular weight excluding hydrogens is 188 g/mol. The normalized spacial score (nSPS) is 18.7. The number of hydrogen-bond donors (Lipinski definition) is 1. The van der Waals surface area contributed by atoms with E-state index < -0.39 is 12.4 Å². The van der Waals surface area contributed by atoms with E-state index in [4.69, 9.17) is 14.6 Å². The Morgan fingerprint density at radius 2 is 2.14 bits per heavy atom.